The zero-order valence-corrected chi connectivity index (χ0v) is 15.7. The normalized spacial score (nSPS) is 11.8. The number of ether oxygens (including phenoxy) is 1. The summed E-state index contributed by atoms with van der Waals surface area (Å²) in [5.74, 6) is 0.591. The van der Waals surface area contributed by atoms with Gasteiger partial charge in [0.2, 0.25) is 10.0 Å². The van der Waals surface area contributed by atoms with Crippen molar-refractivity contribution < 1.29 is 13.2 Å². The monoisotopic (exact) mass is 370 g/mol. The molecule has 0 unspecified atom stereocenters. The first-order valence-electron chi connectivity index (χ1n) is 8.62. The van der Waals surface area contributed by atoms with Crippen molar-refractivity contribution >= 4 is 20.9 Å². The number of benzene rings is 2. The lowest BCUT2D eigenvalue weighted by Gasteiger charge is -2.22. The van der Waals surface area contributed by atoms with Crippen LogP contribution in [-0.4, -0.2) is 30.9 Å². The van der Waals surface area contributed by atoms with Crippen LogP contribution in [0.25, 0.3) is 10.9 Å². The maximum absolute atomic E-state index is 13.3. The van der Waals surface area contributed by atoms with Crippen LogP contribution in [0.4, 0.5) is 0 Å². The van der Waals surface area contributed by atoms with Crippen LogP contribution in [0.15, 0.2) is 65.7 Å². The fourth-order valence-corrected chi connectivity index (χ4v) is 4.53. The Kier molecular flexibility index (Phi) is 5.54. The van der Waals surface area contributed by atoms with Crippen molar-refractivity contribution in [3.8, 4) is 5.75 Å². The van der Waals surface area contributed by atoms with E-state index in [-0.39, 0.29) is 4.90 Å². The average Bonchev–Trinajstić information content (AvgIpc) is 2.67. The van der Waals surface area contributed by atoms with Crippen molar-refractivity contribution in [2.24, 2.45) is 0 Å². The largest absolute Gasteiger partial charge is 0.492 e. The van der Waals surface area contributed by atoms with E-state index >= 15 is 0 Å². The van der Waals surface area contributed by atoms with Gasteiger partial charge in [0.25, 0.3) is 0 Å². The van der Waals surface area contributed by atoms with Gasteiger partial charge in [-0.25, -0.2) is 8.42 Å². The van der Waals surface area contributed by atoms with E-state index in [1.807, 2.05) is 44.2 Å². The molecule has 2 aromatic carbocycles. The Hall–Kier alpha value is -2.44. The predicted octanol–water partition coefficient (Wildman–Crippen LogP) is 3.84. The lowest BCUT2D eigenvalue weighted by Crippen LogP contribution is -2.30. The van der Waals surface area contributed by atoms with Gasteiger partial charge in [0, 0.05) is 24.7 Å². The van der Waals surface area contributed by atoms with Gasteiger partial charge in [0.05, 0.1) is 11.5 Å². The first kappa shape index (κ1) is 18.4. The minimum absolute atomic E-state index is 0.252. The fraction of sp³-hybridized carbons (Fsp3) is 0.250. The molecule has 0 saturated heterocycles. The highest BCUT2D eigenvalue weighted by Gasteiger charge is 2.26. The van der Waals surface area contributed by atoms with Crippen LogP contribution in [0, 0.1) is 0 Å². The van der Waals surface area contributed by atoms with Gasteiger partial charge >= 0.3 is 0 Å². The third-order valence-electron chi connectivity index (χ3n) is 4.16. The van der Waals surface area contributed by atoms with Crippen LogP contribution in [-0.2, 0) is 16.6 Å². The van der Waals surface area contributed by atoms with Gasteiger partial charge in [-0.3, -0.25) is 4.98 Å². The van der Waals surface area contributed by atoms with Crippen molar-refractivity contribution in [2.45, 2.75) is 25.3 Å². The van der Waals surface area contributed by atoms with E-state index in [9.17, 15) is 8.42 Å². The number of rotatable bonds is 7. The number of hydrogen-bond acceptors (Lipinski definition) is 4. The molecular weight excluding hydrogens is 348 g/mol. The molecule has 0 spiro atoms. The molecule has 0 aliphatic carbocycles. The second kappa shape index (κ2) is 7.85. The van der Waals surface area contributed by atoms with E-state index in [0.717, 1.165) is 5.56 Å². The second-order valence-electron chi connectivity index (χ2n) is 5.81. The Balaban J connectivity index is 2.07. The van der Waals surface area contributed by atoms with Crippen LogP contribution < -0.4 is 4.74 Å². The Morgan fingerprint density at radius 1 is 1.00 bits per heavy atom. The van der Waals surface area contributed by atoms with Gasteiger partial charge < -0.3 is 4.74 Å². The molecule has 0 aliphatic rings. The molecule has 3 aromatic rings. The summed E-state index contributed by atoms with van der Waals surface area (Å²) >= 11 is 0. The number of pyridine rings is 1. The summed E-state index contributed by atoms with van der Waals surface area (Å²) in [4.78, 5) is 4.59. The fourth-order valence-electron chi connectivity index (χ4n) is 2.91. The standard InChI is InChI=1S/C20H22N2O3S/c1-3-22(15-16-9-6-5-7-10-16)26(23,24)19-13-12-18(25-4-2)20-17(19)11-8-14-21-20/h5-14H,3-4,15H2,1-2H3. The number of aromatic nitrogens is 1. The third-order valence-corrected chi connectivity index (χ3v) is 6.14. The Morgan fingerprint density at radius 2 is 1.77 bits per heavy atom. The highest BCUT2D eigenvalue weighted by Crippen LogP contribution is 2.31. The summed E-state index contributed by atoms with van der Waals surface area (Å²) in [6.45, 7) is 4.93. The molecule has 3 rings (SSSR count). The second-order valence-corrected chi connectivity index (χ2v) is 7.72. The highest BCUT2D eigenvalue weighted by atomic mass is 32.2. The van der Waals surface area contributed by atoms with Crippen LogP contribution in [0.3, 0.4) is 0 Å². The highest BCUT2D eigenvalue weighted by molar-refractivity contribution is 7.89. The molecule has 0 radical (unpaired) electrons. The lowest BCUT2D eigenvalue weighted by molar-refractivity contribution is 0.343. The van der Waals surface area contributed by atoms with Crippen molar-refractivity contribution in [1.82, 2.24) is 9.29 Å². The molecule has 1 aromatic heterocycles. The minimum Gasteiger partial charge on any atom is -0.492 e. The summed E-state index contributed by atoms with van der Waals surface area (Å²) in [7, 11) is -3.67. The van der Waals surface area contributed by atoms with Crippen LogP contribution >= 0.6 is 0 Å². The van der Waals surface area contributed by atoms with Crippen LogP contribution in [0.5, 0.6) is 5.75 Å². The molecule has 0 fully saturated rings. The maximum atomic E-state index is 13.3. The van der Waals surface area contributed by atoms with Gasteiger partial charge in [0.15, 0.2) is 0 Å². The number of hydrogen-bond donors (Lipinski definition) is 0. The quantitative estimate of drug-likeness (QED) is 0.634. The van der Waals surface area contributed by atoms with E-state index in [4.69, 9.17) is 4.74 Å². The first-order valence-corrected chi connectivity index (χ1v) is 10.1. The molecule has 6 heteroatoms. The summed E-state index contributed by atoms with van der Waals surface area (Å²) in [6.07, 6.45) is 1.64. The van der Waals surface area contributed by atoms with Gasteiger partial charge in [-0.2, -0.15) is 4.31 Å². The molecule has 1 heterocycles. The van der Waals surface area contributed by atoms with Crippen molar-refractivity contribution in [1.29, 1.82) is 0 Å². The lowest BCUT2D eigenvalue weighted by atomic mass is 10.2. The van der Waals surface area contributed by atoms with E-state index < -0.39 is 10.0 Å². The van der Waals surface area contributed by atoms with E-state index in [0.29, 0.717) is 36.3 Å². The van der Waals surface area contributed by atoms with E-state index in [1.165, 1.54) is 4.31 Å². The number of fused-ring (bicyclic) bond motifs is 1. The van der Waals surface area contributed by atoms with Crippen molar-refractivity contribution in [3.63, 3.8) is 0 Å². The van der Waals surface area contributed by atoms with Crippen molar-refractivity contribution in [2.75, 3.05) is 13.2 Å². The Bertz CT molecular complexity index is 988. The number of sulfonamides is 1. The van der Waals surface area contributed by atoms with E-state index in [2.05, 4.69) is 4.98 Å². The molecule has 5 nitrogen and oxygen atoms in total. The maximum Gasteiger partial charge on any atom is 0.244 e. The van der Waals surface area contributed by atoms with Crippen molar-refractivity contribution in [3.05, 3.63) is 66.4 Å². The molecule has 0 N–H and O–H groups in total. The molecule has 26 heavy (non-hydrogen) atoms. The molecule has 0 amide bonds. The van der Waals surface area contributed by atoms with E-state index in [1.54, 1.807) is 30.5 Å². The predicted molar refractivity (Wildman–Crippen MR) is 103 cm³/mol. The van der Waals surface area contributed by atoms with Gasteiger partial charge in [-0.1, -0.05) is 37.3 Å². The molecule has 0 aliphatic heterocycles. The molecule has 136 valence electrons. The van der Waals surface area contributed by atoms with Crippen LogP contribution in [0.1, 0.15) is 19.4 Å². The van der Waals surface area contributed by atoms with Gasteiger partial charge in [0.1, 0.15) is 11.3 Å². The van der Waals surface area contributed by atoms with Crippen LogP contribution in [0.2, 0.25) is 0 Å². The smallest absolute Gasteiger partial charge is 0.244 e. The average molecular weight is 370 g/mol. The first-order chi connectivity index (χ1) is 12.6. The summed E-state index contributed by atoms with van der Waals surface area (Å²) in [6, 6.07) is 16.4. The SMILES string of the molecule is CCOc1ccc(S(=O)(=O)N(CC)Cc2ccccc2)c2cccnc12. The Morgan fingerprint density at radius 3 is 2.46 bits per heavy atom. The zero-order valence-electron chi connectivity index (χ0n) is 14.9. The minimum atomic E-state index is -3.67. The van der Waals surface area contributed by atoms with Gasteiger partial charge in [-0.15, -0.1) is 0 Å². The Labute approximate surface area is 154 Å². The summed E-state index contributed by atoms with van der Waals surface area (Å²) in [5, 5.41) is 0.574. The molecule has 0 saturated carbocycles. The summed E-state index contributed by atoms with van der Waals surface area (Å²) < 4.78 is 33.7. The third kappa shape index (κ3) is 3.57. The molecule has 0 atom stereocenters. The van der Waals surface area contributed by atoms with Gasteiger partial charge in [-0.05, 0) is 36.8 Å². The molecule has 0 bridgehead atoms. The summed E-state index contributed by atoms with van der Waals surface area (Å²) in [5.41, 5.74) is 1.51. The zero-order chi connectivity index (χ0) is 18.6. The topological polar surface area (TPSA) is 59.5 Å². The molecular formula is C20H22N2O3S. The number of nitrogens with zero attached hydrogens (tertiary/aromatic N) is 2.